The molecule has 0 bridgehead atoms. The van der Waals surface area contributed by atoms with Crippen molar-refractivity contribution >= 4 is 45.5 Å². The molecule has 5 aromatic rings. The lowest BCUT2D eigenvalue weighted by molar-refractivity contribution is 0.100. The molecule has 0 aliphatic carbocycles. The molecule has 0 spiro atoms. The molecule has 0 radical (unpaired) electrons. The third-order valence-corrected chi connectivity index (χ3v) is 7.78. The van der Waals surface area contributed by atoms with E-state index in [4.69, 9.17) is 11.6 Å². The van der Waals surface area contributed by atoms with Crippen molar-refractivity contribution in [3.8, 4) is 33.4 Å². The number of carbonyl (C=O) groups excluding carboxylic acids is 4. The molecule has 0 unspecified atom stereocenters. The highest BCUT2D eigenvalue weighted by molar-refractivity contribution is 6.40. The summed E-state index contributed by atoms with van der Waals surface area (Å²) in [6.45, 7) is 6.09. The summed E-state index contributed by atoms with van der Waals surface area (Å²) in [5, 5.41) is 2.05. The van der Waals surface area contributed by atoms with Crippen molar-refractivity contribution in [2.45, 2.75) is 27.7 Å². The summed E-state index contributed by atoms with van der Waals surface area (Å²) in [5.41, 5.74) is 7.18. The first-order valence-electron chi connectivity index (χ1n) is 13.2. The van der Waals surface area contributed by atoms with Crippen molar-refractivity contribution in [3.63, 3.8) is 0 Å². The minimum atomic E-state index is -0.0721. The molecule has 0 aliphatic heterocycles. The summed E-state index contributed by atoms with van der Waals surface area (Å²) < 4.78 is 0. The van der Waals surface area contributed by atoms with Gasteiger partial charge < -0.3 is 0 Å². The number of carbonyl (C=O) groups is 4. The van der Waals surface area contributed by atoms with Crippen molar-refractivity contribution in [2.24, 2.45) is 0 Å². The van der Waals surface area contributed by atoms with Gasteiger partial charge in [0.1, 0.15) is 0 Å². The molecular weight excluding hydrogens is 532 g/mol. The molecule has 202 valence electrons. The van der Waals surface area contributed by atoms with Crippen LogP contribution < -0.4 is 0 Å². The highest BCUT2D eigenvalue weighted by atomic mass is 35.5. The van der Waals surface area contributed by atoms with Crippen molar-refractivity contribution in [1.82, 2.24) is 0 Å². The van der Waals surface area contributed by atoms with Gasteiger partial charge in [-0.1, -0.05) is 96.5 Å². The number of Topliss-reactive ketones (excluding diaryl/α,β-unsaturated/α-hetero) is 4. The Kier molecular flexibility index (Phi) is 7.53. The Labute approximate surface area is 243 Å². The maximum absolute atomic E-state index is 12.4. The molecular formula is C36H27ClO4. The van der Waals surface area contributed by atoms with E-state index in [-0.39, 0.29) is 23.1 Å². The molecule has 0 amide bonds. The lowest BCUT2D eigenvalue weighted by Crippen LogP contribution is -1.99. The van der Waals surface area contributed by atoms with Crippen LogP contribution in [0.25, 0.3) is 44.2 Å². The second kappa shape index (κ2) is 11.1. The van der Waals surface area contributed by atoms with Gasteiger partial charge >= 0.3 is 0 Å². The van der Waals surface area contributed by atoms with Crippen LogP contribution in [-0.4, -0.2) is 23.1 Å². The van der Waals surface area contributed by atoms with Crippen LogP contribution in [-0.2, 0) is 0 Å². The summed E-state index contributed by atoms with van der Waals surface area (Å²) in [5.74, 6) is -0.191. The van der Waals surface area contributed by atoms with Crippen LogP contribution >= 0.6 is 11.6 Å². The van der Waals surface area contributed by atoms with Gasteiger partial charge in [-0.25, -0.2) is 0 Å². The molecule has 0 heterocycles. The van der Waals surface area contributed by atoms with E-state index in [9.17, 15) is 19.2 Å². The minimum Gasteiger partial charge on any atom is -0.295 e. The average Bonchev–Trinajstić information content (AvgIpc) is 2.97. The van der Waals surface area contributed by atoms with E-state index in [0.29, 0.717) is 27.3 Å². The summed E-state index contributed by atoms with van der Waals surface area (Å²) in [6.07, 6.45) is 0. The van der Waals surface area contributed by atoms with E-state index in [0.717, 1.165) is 44.2 Å². The van der Waals surface area contributed by atoms with Gasteiger partial charge in [-0.2, -0.15) is 0 Å². The molecule has 0 aliphatic rings. The van der Waals surface area contributed by atoms with Crippen LogP contribution in [0.1, 0.15) is 69.1 Å². The van der Waals surface area contributed by atoms with E-state index in [1.165, 1.54) is 27.7 Å². The second-order valence-corrected chi connectivity index (χ2v) is 10.5. The molecule has 0 saturated carbocycles. The molecule has 5 aromatic carbocycles. The van der Waals surface area contributed by atoms with E-state index in [2.05, 4.69) is 0 Å². The van der Waals surface area contributed by atoms with E-state index >= 15 is 0 Å². The lowest BCUT2D eigenvalue weighted by atomic mass is 9.82. The van der Waals surface area contributed by atoms with Gasteiger partial charge in [-0.15, -0.1) is 0 Å². The first-order chi connectivity index (χ1) is 19.6. The highest BCUT2D eigenvalue weighted by Crippen LogP contribution is 2.49. The third-order valence-electron chi connectivity index (χ3n) is 7.39. The Morgan fingerprint density at radius 3 is 1.15 bits per heavy atom. The minimum absolute atomic E-state index is 0.0378. The van der Waals surface area contributed by atoms with E-state index < -0.39 is 0 Å². The zero-order valence-corrected chi connectivity index (χ0v) is 23.9. The van der Waals surface area contributed by atoms with Gasteiger partial charge in [-0.3, -0.25) is 19.2 Å². The van der Waals surface area contributed by atoms with Crippen LogP contribution in [0.5, 0.6) is 0 Å². The quantitative estimate of drug-likeness (QED) is 0.187. The van der Waals surface area contributed by atoms with Crippen LogP contribution in [0.4, 0.5) is 0 Å². The van der Waals surface area contributed by atoms with Crippen LogP contribution in [0.3, 0.4) is 0 Å². The van der Waals surface area contributed by atoms with Crippen molar-refractivity contribution in [2.75, 3.05) is 0 Å². The van der Waals surface area contributed by atoms with Gasteiger partial charge in [0.2, 0.25) is 0 Å². The number of hydrogen-bond acceptors (Lipinski definition) is 4. The number of hydrogen-bond donors (Lipinski definition) is 0. The van der Waals surface area contributed by atoms with Gasteiger partial charge in [0.25, 0.3) is 0 Å². The topological polar surface area (TPSA) is 68.3 Å². The lowest BCUT2D eigenvalue weighted by Gasteiger charge is -2.22. The number of benzene rings is 5. The van der Waals surface area contributed by atoms with Gasteiger partial charge in [-0.05, 0) is 67.0 Å². The standard InChI is InChI=1S/C36H27ClO4/c1-20(38)24-5-11-27(12-6-24)33-32-19-30(23(4)41)17-18-31(32)36(37)35(29-15-9-26(10-16-29)22(3)40)34(33)28-13-7-25(8-14-28)21(2)39/h5-19H,1-4H3. The van der Waals surface area contributed by atoms with Crippen molar-refractivity contribution in [1.29, 1.82) is 0 Å². The fraction of sp³-hybridized carbons (Fsp3) is 0.111. The third kappa shape index (κ3) is 5.27. The molecule has 0 aromatic heterocycles. The number of rotatable bonds is 7. The monoisotopic (exact) mass is 558 g/mol. The fourth-order valence-corrected chi connectivity index (χ4v) is 5.51. The molecule has 4 nitrogen and oxygen atoms in total. The Hall–Kier alpha value is -4.67. The SMILES string of the molecule is CC(=O)c1ccc(-c2c(-c3ccc(C(C)=O)cc3)c(-c3ccc(C(C)=O)cc3)c3cc(C(C)=O)ccc3c2Cl)cc1. The zero-order chi connectivity index (χ0) is 29.4. The van der Waals surface area contributed by atoms with E-state index in [1.807, 2.05) is 48.5 Å². The molecule has 5 heteroatoms. The Morgan fingerprint density at radius 2 is 0.756 bits per heavy atom. The van der Waals surface area contributed by atoms with Crippen molar-refractivity contribution < 1.29 is 19.2 Å². The predicted octanol–water partition coefficient (Wildman–Crippen LogP) is 9.30. The van der Waals surface area contributed by atoms with Gasteiger partial charge in [0.05, 0.1) is 5.02 Å². The summed E-state index contributed by atoms with van der Waals surface area (Å²) in [6, 6.07) is 27.5. The first kappa shape index (κ1) is 27.9. The Bertz CT molecular complexity index is 1860. The summed E-state index contributed by atoms with van der Waals surface area (Å²) in [4.78, 5) is 48.6. The second-order valence-electron chi connectivity index (χ2n) is 10.2. The largest absolute Gasteiger partial charge is 0.295 e. The number of halogens is 1. The first-order valence-corrected chi connectivity index (χ1v) is 13.6. The Balaban J connectivity index is 1.96. The van der Waals surface area contributed by atoms with Gasteiger partial charge in [0, 0.05) is 33.2 Å². The highest BCUT2D eigenvalue weighted by Gasteiger charge is 2.23. The van der Waals surface area contributed by atoms with Crippen LogP contribution in [0.15, 0.2) is 91.0 Å². The molecule has 0 saturated heterocycles. The molecule has 0 N–H and O–H groups in total. The fourth-order valence-electron chi connectivity index (χ4n) is 5.14. The predicted molar refractivity (Wildman–Crippen MR) is 165 cm³/mol. The molecule has 0 fully saturated rings. The van der Waals surface area contributed by atoms with Crippen LogP contribution in [0, 0.1) is 0 Å². The summed E-state index contributed by atoms with van der Waals surface area (Å²) in [7, 11) is 0. The van der Waals surface area contributed by atoms with Crippen molar-refractivity contribution in [3.05, 3.63) is 118 Å². The normalized spacial score (nSPS) is 11.0. The Morgan fingerprint density at radius 1 is 0.415 bits per heavy atom. The van der Waals surface area contributed by atoms with Crippen LogP contribution in [0.2, 0.25) is 5.02 Å². The molecule has 0 atom stereocenters. The number of fused-ring (bicyclic) bond motifs is 1. The smallest absolute Gasteiger partial charge is 0.159 e. The summed E-state index contributed by atoms with van der Waals surface area (Å²) >= 11 is 7.22. The zero-order valence-electron chi connectivity index (χ0n) is 23.2. The maximum Gasteiger partial charge on any atom is 0.159 e. The van der Waals surface area contributed by atoms with Gasteiger partial charge in [0.15, 0.2) is 23.1 Å². The average molecular weight is 559 g/mol. The maximum atomic E-state index is 12.4. The molecule has 5 rings (SSSR count). The number of ketones is 4. The molecule has 41 heavy (non-hydrogen) atoms. The van der Waals surface area contributed by atoms with E-state index in [1.54, 1.807) is 42.5 Å².